The maximum Gasteiger partial charge on any atom is 0.230 e. The summed E-state index contributed by atoms with van der Waals surface area (Å²) < 4.78 is 14.8. The number of carbonyl (C=O) groups is 1. The maximum atomic E-state index is 14.8. The molecular weight excluding hydrogens is 355 g/mol. The molecule has 1 aliphatic heterocycles. The van der Waals surface area contributed by atoms with E-state index in [0.29, 0.717) is 46.6 Å². The van der Waals surface area contributed by atoms with Crippen LogP contribution in [0.25, 0.3) is 0 Å². The quantitative estimate of drug-likeness (QED) is 0.781. The van der Waals surface area contributed by atoms with Crippen LogP contribution in [0, 0.1) is 5.92 Å². The molecule has 2 atom stereocenters. The van der Waals surface area contributed by atoms with Crippen LogP contribution >= 0.6 is 11.6 Å². The van der Waals surface area contributed by atoms with Crippen LogP contribution in [-0.2, 0) is 11.2 Å². The van der Waals surface area contributed by atoms with E-state index in [4.69, 9.17) is 17.3 Å². The Kier molecular flexibility index (Phi) is 5.74. The van der Waals surface area contributed by atoms with Gasteiger partial charge in [-0.3, -0.25) is 9.78 Å². The molecule has 1 aromatic heterocycles. The van der Waals surface area contributed by atoms with Crippen molar-refractivity contribution in [3.8, 4) is 0 Å². The molecule has 0 saturated carbocycles. The van der Waals surface area contributed by atoms with Crippen molar-refractivity contribution in [2.45, 2.75) is 25.7 Å². The molecule has 0 bridgehead atoms. The van der Waals surface area contributed by atoms with E-state index in [-0.39, 0.29) is 18.4 Å². The standard InChI is InChI=1S/C19H22ClFN4O/c1-2-17-18-15(7-9-23-17)14(6-8-22)16(11-25(18)21)19(26)24-13-5-3-4-12(20)10-13/h3-5,7,9-10,14,16H,2,6,8,11,22H2,1H3,(H,24,26). The topological polar surface area (TPSA) is 71.2 Å². The van der Waals surface area contributed by atoms with Crippen molar-refractivity contribution >= 4 is 28.9 Å². The van der Waals surface area contributed by atoms with Crippen LogP contribution in [0.3, 0.4) is 0 Å². The van der Waals surface area contributed by atoms with E-state index in [9.17, 15) is 9.28 Å². The Morgan fingerprint density at radius 1 is 1.46 bits per heavy atom. The van der Waals surface area contributed by atoms with Crippen LogP contribution in [0.15, 0.2) is 36.5 Å². The first-order valence-electron chi connectivity index (χ1n) is 8.72. The molecule has 0 fully saturated rings. The normalized spacial score (nSPS) is 19.2. The van der Waals surface area contributed by atoms with Crippen LogP contribution in [0.4, 0.5) is 15.9 Å². The lowest BCUT2D eigenvalue weighted by Crippen LogP contribution is -2.41. The minimum absolute atomic E-state index is 0.0250. The maximum absolute atomic E-state index is 14.8. The van der Waals surface area contributed by atoms with Gasteiger partial charge in [0.15, 0.2) is 0 Å². The number of hydrogen-bond acceptors (Lipinski definition) is 4. The van der Waals surface area contributed by atoms with Gasteiger partial charge in [-0.15, -0.1) is 0 Å². The fourth-order valence-corrected chi connectivity index (χ4v) is 3.75. The van der Waals surface area contributed by atoms with E-state index in [1.165, 1.54) is 0 Å². The van der Waals surface area contributed by atoms with Crippen LogP contribution in [0.2, 0.25) is 5.02 Å². The van der Waals surface area contributed by atoms with Crippen molar-refractivity contribution in [3.05, 3.63) is 52.8 Å². The summed E-state index contributed by atoms with van der Waals surface area (Å²) in [5.74, 6) is -0.953. The molecule has 2 aromatic rings. The van der Waals surface area contributed by atoms with Gasteiger partial charge in [0, 0.05) is 22.8 Å². The molecule has 0 radical (unpaired) electrons. The number of amides is 1. The number of anilines is 2. The zero-order valence-corrected chi connectivity index (χ0v) is 15.3. The van der Waals surface area contributed by atoms with Gasteiger partial charge in [0.1, 0.15) is 0 Å². The lowest BCUT2D eigenvalue weighted by atomic mass is 9.79. The van der Waals surface area contributed by atoms with Crippen LogP contribution in [-0.4, -0.2) is 24.0 Å². The highest BCUT2D eigenvalue weighted by molar-refractivity contribution is 6.30. The molecule has 3 N–H and O–H groups in total. The molecule has 0 saturated heterocycles. The van der Waals surface area contributed by atoms with Crippen molar-refractivity contribution in [2.75, 3.05) is 23.5 Å². The van der Waals surface area contributed by atoms with Gasteiger partial charge in [0.05, 0.1) is 23.8 Å². The fourth-order valence-electron chi connectivity index (χ4n) is 3.56. The van der Waals surface area contributed by atoms with Crippen molar-refractivity contribution < 1.29 is 9.28 Å². The van der Waals surface area contributed by atoms with E-state index in [1.54, 1.807) is 36.5 Å². The Labute approximate surface area is 157 Å². The third-order valence-electron chi connectivity index (χ3n) is 4.76. The zero-order chi connectivity index (χ0) is 18.7. The average molecular weight is 377 g/mol. The van der Waals surface area contributed by atoms with Crippen molar-refractivity contribution in [2.24, 2.45) is 11.7 Å². The summed E-state index contributed by atoms with van der Waals surface area (Å²) in [7, 11) is 0. The van der Waals surface area contributed by atoms with Gasteiger partial charge < -0.3 is 11.1 Å². The smallest absolute Gasteiger partial charge is 0.230 e. The molecule has 3 rings (SSSR count). The SMILES string of the molecule is CCc1nccc2c1N(F)CC(C(=O)Nc1cccc(Cl)c1)C2CCN. The number of nitrogens with zero attached hydrogens (tertiary/aromatic N) is 2. The first-order chi connectivity index (χ1) is 12.5. The summed E-state index contributed by atoms with van der Waals surface area (Å²) in [6, 6.07) is 8.70. The van der Waals surface area contributed by atoms with Gasteiger partial charge in [-0.1, -0.05) is 29.1 Å². The molecule has 138 valence electrons. The van der Waals surface area contributed by atoms with Crippen LogP contribution in [0.5, 0.6) is 0 Å². The molecule has 0 aliphatic carbocycles. The summed E-state index contributed by atoms with van der Waals surface area (Å²) in [5, 5.41) is 4.03. The molecule has 26 heavy (non-hydrogen) atoms. The number of nitrogens with two attached hydrogens (primary N) is 1. The second-order valence-electron chi connectivity index (χ2n) is 6.38. The monoisotopic (exact) mass is 376 g/mol. The Morgan fingerprint density at radius 2 is 2.27 bits per heavy atom. The number of aromatic nitrogens is 1. The fraction of sp³-hybridized carbons (Fsp3) is 0.368. The molecule has 0 spiro atoms. The van der Waals surface area contributed by atoms with Crippen molar-refractivity contribution in [1.29, 1.82) is 0 Å². The second-order valence-corrected chi connectivity index (χ2v) is 6.82. The van der Waals surface area contributed by atoms with Gasteiger partial charge in [-0.2, -0.15) is 0 Å². The highest BCUT2D eigenvalue weighted by Gasteiger charge is 2.39. The number of aryl methyl sites for hydroxylation is 1. The Balaban J connectivity index is 1.92. The molecule has 1 amide bonds. The second kappa shape index (κ2) is 8.01. The molecule has 2 heterocycles. The van der Waals surface area contributed by atoms with Gasteiger partial charge in [0.2, 0.25) is 5.91 Å². The third kappa shape index (κ3) is 3.66. The summed E-state index contributed by atoms with van der Waals surface area (Å²) in [4.78, 5) is 17.1. The first kappa shape index (κ1) is 18.6. The summed E-state index contributed by atoms with van der Waals surface area (Å²) >= 11 is 5.97. The number of fused-ring (bicyclic) bond motifs is 1. The molecular formula is C19H22ClFN4O. The highest BCUT2D eigenvalue weighted by Crippen LogP contribution is 2.42. The number of halogens is 2. The Bertz CT molecular complexity index is 801. The van der Waals surface area contributed by atoms with Crippen LogP contribution in [0.1, 0.15) is 30.5 Å². The summed E-state index contributed by atoms with van der Waals surface area (Å²) in [5.41, 5.74) is 8.35. The lowest BCUT2D eigenvalue weighted by Gasteiger charge is -2.36. The average Bonchev–Trinajstić information content (AvgIpc) is 2.63. The predicted molar refractivity (Wildman–Crippen MR) is 102 cm³/mol. The van der Waals surface area contributed by atoms with E-state index in [2.05, 4.69) is 10.3 Å². The predicted octanol–water partition coefficient (Wildman–Crippen LogP) is 3.69. The molecule has 1 aromatic carbocycles. The highest BCUT2D eigenvalue weighted by atomic mass is 35.5. The summed E-state index contributed by atoms with van der Waals surface area (Å²) in [6.07, 6.45) is 2.90. The van der Waals surface area contributed by atoms with E-state index in [1.807, 2.05) is 6.92 Å². The minimum atomic E-state index is -0.554. The Morgan fingerprint density at radius 3 is 2.96 bits per heavy atom. The number of carbonyl (C=O) groups excluding carboxylic acids is 1. The number of rotatable bonds is 5. The molecule has 5 nitrogen and oxygen atoms in total. The van der Waals surface area contributed by atoms with E-state index >= 15 is 0 Å². The number of nitrogens with one attached hydrogen (secondary N) is 1. The lowest BCUT2D eigenvalue weighted by molar-refractivity contribution is -0.120. The number of benzene rings is 1. The van der Waals surface area contributed by atoms with E-state index in [0.717, 1.165) is 5.56 Å². The van der Waals surface area contributed by atoms with Gasteiger partial charge in [0.25, 0.3) is 0 Å². The number of hydrogen-bond donors (Lipinski definition) is 2. The minimum Gasteiger partial charge on any atom is -0.330 e. The van der Waals surface area contributed by atoms with Crippen molar-refractivity contribution in [1.82, 2.24) is 4.98 Å². The van der Waals surface area contributed by atoms with Crippen LogP contribution < -0.4 is 16.2 Å². The van der Waals surface area contributed by atoms with Crippen molar-refractivity contribution in [3.63, 3.8) is 0 Å². The molecule has 2 unspecified atom stereocenters. The Hall–Kier alpha value is -2.18. The largest absolute Gasteiger partial charge is 0.330 e. The van der Waals surface area contributed by atoms with Gasteiger partial charge >= 0.3 is 0 Å². The molecule has 1 aliphatic rings. The summed E-state index contributed by atoms with van der Waals surface area (Å²) in [6.45, 7) is 2.33. The molecule has 7 heteroatoms. The first-order valence-corrected chi connectivity index (χ1v) is 9.10. The number of pyridine rings is 1. The third-order valence-corrected chi connectivity index (χ3v) is 4.99. The zero-order valence-electron chi connectivity index (χ0n) is 14.6. The van der Waals surface area contributed by atoms with Gasteiger partial charge in [-0.25, -0.2) is 5.12 Å². The van der Waals surface area contributed by atoms with Gasteiger partial charge in [-0.05, 0) is 49.2 Å². The van der Waals surface area contributed by atoms with E-state index < -0.39 is 5.92 Å².